The molecule has 0 aromatic carbocycles. The number of amidine groups is 1. The molecule has 10 heteroatoms. The summed E-state index contributed by atoms with van der Waals surface area (Å²) >= 11 is 9.25. The number of thioether (sulfide) groups is 1. The van der Waals surface area contributed by atoms with Crippen LogP contribution in [-0.4, -0.2) is 30.9 Å². The van der Waals surface area contributed by atoms with Crippen LogP contribution in [0.5, 0.6) is 0 Å². The van der Waals surface area contributed by atoms with Crippen molar-refractivity contribution >= 4 is 73.2 Å². The Kier molecular flexibility index (Phi) is 5.49. The van der Waals surface area contributed by atoms with Gasteiger partial charge in [-0.1, -0.05) is 23.7 Å². The lowest BCUT2D eigenvalue weighted by atomic mass is 10.3. The highest BCUT2D eigenvalue weighted by Crippen LogP contribution is 2.35. The molecule has 25 heavy (non-hydrogen) atoms. The number of halogens is 1. The first-order chi connectivity index (χ1) is 11.9. The molecule has 3 rings (SSSR count). The summed E-state index contributed by atoms with van der Waals surface area (Å²) in [6.45, 7) is 3.79. The Labute approximate surface area is 162 Å². The molecule has 1 amide bonds. The molecule has 3 heterocycles. The van der Waals surface area contributed by atoms with Crippen molar-refractivity contribution in [3.63, 3.8) is 0 Å². The van der Waals surface area contributed by atoms with Crippen molar-refractivity contribution in [2.75, 3.05) is 6.54 Å². The van der Waals surface area contributed by atoms with Crippen LogP contribution in [0.1, 0.15) is 4.88 Å². The van der Waals surface area contributed by atoms with Gasteiger partial charge in [-0.2, -0.15) is 8.42 Å². The zero-order valence-corrected chi connectivity index (χ0v) is 16.6. The zero-order chi connectivity index (χ0) is 18.0. The molecule has 0 radical (unpaired) electrons. The quantitative estimate of drug-likeness (QED) is 0.523. The number of rotatable bonds is 5. The molecule has 0 aliphatic carbocycles. The molecule has 2 aromatic heterocycles. The Morgan fingerprint density at radius 2 is 2.12 bits per heavy atom. The van der Waals surface area contributed by atoms with Gasteiger partial charge in [0, 0.05) is 11.4 Å². The first-order valence-corrected chi connectivity index (χ1v) is 11.2. The maximum absolute atomic E-state index is 12.6. The van der Waals surface area contributed by atoms with Crippen molar-refractivity contribution in [1.29, 1.82) is 0 Å². The van der Waals surface area contributed by atoms with E-state index in [1.165, 1.54) is 34.4 Å². The Bertz CT molecular complexity index is 974. The third-order valence-corrected chi connectivity index (χ3v) is 7.92. The second kappa shape index (κ2) is 7.46. The van der Waals surface area contributed by atoms with E-state index in [-0.39, 0.29) is 21.8 Å². The topological polar surface area (TPSA) is 66.8 Å². The van der Waals surface area contributed by atoms with Crippen molar-refractivity contribution in [3.05, 3.63) is 56.4 Å². The average Bonchev–Trinajstić information content (AvgIpc) is 3.26. The minimum atomic E-state index is -3.93. The van der Waals surface area contributed by atoms with Crippen LogP contribution in [0.25, 0.3) is 6.08 Å². The molecular formula is C15H11ClN2O3S4. The number of hydrogen-bond acceptors (Lipinski definition) is 6. The van der Waals surface area contributed by atoms with E-state index in [0.717, 1.165) is 28.0 Å². The molecule has 2 aromatic rings. The lowest BCUT2D eigenvalue weighted by molar-refractivity contribution is -0.121. The normalized spacial score (nSPS) is 18.4. The fourth-order valence-electron chi connectivity index (χ4n) is 1.95. The zero-order valence-electron chi connectivity index (χ0n) is 12.6. The Morgan fingerprint density at radius 3 is 2.72 bits per heavy atom. The van der Waals surface area contributed by atoms with E-state index >= 15 is 0 Å². The largest absolute Gasteiger partial charge is 0.294 e. The summed E-state index contributed by atoms with van der Waals surface area (Å²) in [5, 5.41) is 2.01. The lowest BCUT2D eigenvalue weighted by Gasteiger charge is -2.12. The van der Waals surface area contributed by atoms with Crippen molar-refractivity contribution in [2.45, 2.75) is 4.21 Å². The smallest absolute Gasteiger partial charge is 0.282 e. The van der Waals surface area contributed by atoms with Gasteiger partial charge in [-0.05, 0) is 41.4 Å². The Morgan fingerprint density at radius 1 is 1.32 bits per heavy atom. The molecular weight excluding hydrogens is 420 g/mol. The fourth-order valence-corrected chi connectivity index (χ4v) is 6.33. The molecule has 0 N–H and O–H groups in total. The van der Waals surface area contributed by atoms with E-state index < -0.39 is 10.0 Å². The minimum absolute atomic E-state index is 0.0345. The van der Waals surface area contributed by atoms with Gasteiger partial charge in [0.05, 0.1) is 9.24 Å². The van der Waals surface area contributed by atoms with Gasteiger partial charge in [-0.15, -0.1) is 33.7 Å². The molecule has 0 spiro atoms. The maximum atomic E-state index is 12.6. The molecule has 1 aliphatic heterocycles. The first-order valence-electron chi connectivity index (χ1n) is 6.87. The molecule has 1 saturated heterocycles. The van der Waals surface area contributed by atoms with E-state index in [1.54, 1.807) is 6.08 Å². The number of thiophene rings is 2. The van der Waals surface area contributed by atoms with Gasteiger partial charge < -0.3 is 0 Å². The predicted molar refractivity (Wildman–Crippen MR) is 106 cm³/mol. The third-order valence-electron chi connectivity index (χ3n) is 3.02. The van der Waals surface area contributed by atoms with Crippen LogP contribution in [0.4, 0.5) is 0 Å². The van der Waals surface area contributed by atoms with E-state index in [4.69, 9.17) is 11.6 Å². The van der Waals surface area contributed by atoms with Crippen molar-refractivity contribution in [3.8, 4) is 0 Å². The van der Waals surface area contributed by atoms with Gasteiger partial charge in [-0.25, -0.2) is 0 Å². The number of sulfonamides is 1. The summed E-state index contributed by atoms with van der Waals surface area (Å²) in [7, 11) is -3.93. The number of nitrogens with zero attached hydrogens (tertiary/aromatic N) is 2. The van der Waals surface area contributed by atoms with Crippen molar-refractivity contribution < 1.29 is 13.2 Å². The molecule has 1 fully saturated rings. The molecule has 1 aliphatic rings. The summed E-state index contributed by atoms with van der Waals surface area (Å²) in [4.78, 5) is 15.2. The lowest BCUT2D eigenvalue weighted by Crippen LogP contribution is -2.29. The highest BCUT2D eigenvalue weighted by atomic mass is 35.5. The molecule has 130 valence electrons. The second-order valence-corrected chi connectivity index (χ2v) is 10.3. The standard InChI is InChI=1S/C15H11ClN2O3S4/c1-2-7-18-14(19)11(9-10-4-3-8-22-10)23-15(18)17-25(20,21)13-6-5-12(16)24-13/h2-6,8-9H,1,7H2/b11-9-,17-15+. The van der Waals surface area contributed by atoms with Crippen molar-refractivity contribution in [1.82, 2.24) is 4.90 Å². The van der Waals surface area contributed by atoms with E-state index in [1.807, 2.05) is 17.5 Å². The Hall–Kier alpha value is -1.39. The van der Waals surface area contributed by atoms with Crippen molar-refractivity contribution in [2.24, 2.45) is 4.40 Å². The van der Waals surface area contributed by atoms with E-state index in [9.17, 15) is 13.2 Å². The summed E-state index contributed by atoms with van der Waals surface area (Å²) in [6, 6.07) is 6.65. The van der Waals surface area contributed by atoms with Crippen LogP contribution >= 0.6 is 46.0 Å². The summed E-state index contributed by atoms with van der Waals surface area (Å²) in [5.41, 5.74) is 0. The first kappa shape index (κ1) is 18.4. The van der Waals surface area contributed by atoms with E-state index in [2.05, 4.69) is 11.0 Å². The number of amides is 1. The van der Waals surface area contributed by atoms with Crippen LogP contribution in [0.15, 0.2) is 55.8 Å². The average molecular weight is 431 g/mol. The summed E-state index contributed by atoms with van der Waals surface area (Å²) in [5.74, 6) is -0.295. The van der Waals surface area contributed by atoms with E-state index in [0.29, 0.717) is 9.24 Å². The molecule has 0 unspecified atom stereocenters. The summed E-state index contributed by atoms with van der Waals surface area (Å²) < 4.78 is 29.1. The molecule has 0 bridgehead atoms. The van der Waals surface area contributed by atoms with Gasteiger partial charge >= 0.3 is 0 Å². The van der Waals surface area contributed by atoms with Crippen LogP contribution in [0, 0.1) is 0 Å². The van der Waals surface area contributed by atoms with Gasteiger partial charge in [0.2, 0.25) is 0 Å². The highest BCUT2D eigenvalue weighted by molar-refractivity contribution is 8.19. The minimum Gasteiger partial charge on any atom is -0.282 e. The monoisotopic (exact) mass is 430 g/mol. The van der Waals surface area contributed by atoms with Gasteiger partial charge in [0.1, 0.15) is 4.21 Å². The van der Waals surface area contributed by atoms with Gasteiger partial charge in [-0.3, -0.25) is 9.69 Å². The van der Waals surface area contributed by atoms with Gasteiger partial charge in [0.25, 0.3) is 15.9 Å². The van der Waals surface area contributed by atoms with Crippen LogP contribution in [-0.2, 0) is 14.8 Å². The Balaban J connectivity index is 1.99. The maximum Gasteiger partial charge on any atom is 0.294 e. The number of carbonyl (C=O) groups is 1. The van der Waals surface area contributed by atoms with Gasteiger partial charge in [0.15, 0.2) is 5.17 Å². The molecule has 5 nitrogen and oxygen atoms in total. The number of carbonyl (C=O) groups excluding carboxylic acids is 1. The van der Waals surface area contributed by atoms with Crippen LogP contribution < -0.4 is 0 Å². The third kappa shape index (κ3) is 4.06. The van der Waals surface area contributed by atoms with Crippen LogP contribution in [0.3, 0.4) is 0 Å². The van der Waals surface area contributed by atoms with Crippen LogP contribution in [0.2, 0.25) is 4.34 Å². The predicted octanol–water partition coefficient (Wildman–Crippen LogP) is 4.31. The number of hydrogen-bond donors (Lipinski definition) is 0. The summed E-state index contributed by atoms with van der Waals surface area (Å²) in [6.07, 6.45) is 3.25. The SMILES string of the molecule is C=CCN1C(=O)/C(=C/c2cccs2)S/C1=N/S(=O)(=O)c1ccc(Cl)s1. The second-order valence-electron chi connectivity index (χ2n) is 4.74. The molecule has 0 saturated carbocycles. The fraction of sp³-hybridized carbons (Fsp3) is 0.0667. The molecule has 0 atom stereocenters. The highest BCUT2D eigenvalue weighted by Gasteiger charge is 2.34.